The Morgan fingerprint density at radius 1 is 1.11 bits per heavy atom. The molecule has 0 atom stereocenters. The van der Waals surface area contributed by atoms with E-state index >= 15 is 0 Å². The zero-order chi connectivity index (χ0) is 25.5. The van der Waals surface area contributed by atoms with Gasteiger partial charge in [0.1, 0.15) is 21.9 Å². The summed E-state index contributed by atoms with van der Waals surface area (Å²) >= 11 is 7.39. The number of halogens is 2. The normalized spacial score (nSPS) is 15.6. The number of nitrogens with zero attached hydrogens (tertiary/aromatic N) is 4. The number of piperidine rings is 1. The number of likely N-dealkylation sites (tertiary alicyclic amines) is 1. The Morgan fingerprint density at radius 3 is 2.65 bits per heavy atom. The van der Waals surface area contributed by atoms with Crippen LogP contribution in [-0.2, 0) is 6.54 Å². The number of amides is 3. The number of carbonyl (C=O) groups is 2. The third-order valence-corrected chi connectivity index (χ3v) is 7.94. The van der Waals surface area contributed by atoms with Crippen molar-refractivity contribution in [2.24, 2.45) is 0 Å². The molecular formula is C26H22ClFN6O2S. The largest absolute Gasteiger partial charge is 0.332 e. The molecule has 8 nitrogen and oxygen atoms in total. The SMILES string of the molecule is O=C(Nc1ccc(CN2CCCCC2)cc1)c1sc2ncnc3c2c1NC(=O)N3c1ccc(F)cc1Cl. The van der Waals surface area contributed by atoms with Gasteiger partial charge in [-0.15, -0.1) is 11.3 Å². The van der Waals surface area contributed by atoms with Crippen LogP contribution in [0.3, 0.4) is 0 Å². The number of anilines is 4. The molecule has 37 heavy (non-hydrogen) atoms. The average Bonchev–Trinajstić information content (AvgIpc) is 3.26. The van der Waals surface area contributed by atoms with Gasteiger partial charge in [0.15, 0.2) is 5.82 Å². The summed E-state index contributed by atoms with van der Waals surface area (Å²) < 4.78 is 13.6. The third kappa shape index (κ3) is 4.52. The average molecular weight is 537 g/mol. The van der Waals surface area contributed by atoms with Crippen LogP contribution >= 0.6 is 22.9 Å². The molecule has 0 bridgehead atoms. The lowest BCUT2D eigenvalue weighted by molar-refractivity contribution is 0.103. The number of nitrogens with one attached hydrogen (secondary N) is 2. The summed E-state index contributed by atoms with van der Waals surface area (Å²) in [6.07, 6.45) is 5.10. The van der Waals surface area contributed by atoms with Gasteiger partial charge in [0.25, 0.3) is 5.91 Å². The van der Waals surface area contributed by atoms with Crippen molar-refractivity contribution in [3.05, 3.63) is 70.1 Å². The van der Waals surface area contributed by atoms with Gasteiger partial charge >= 0.3 is 6.03 Å². The highest BCUT2D eigenvalue weighted by Gasteiger charge is 2.34. The molecule has 0 aliphatic carbocycles. The fourth-order valence-electron chi connectivity index (χ4n) is 4.77. The highest BCUT2D eigenvalue weighted by Crippen LogP contribution is 2.46. The van der Waals surface area contributed by atoms with Gasteiger partial charge in [-0.2, -0.15) is 0 Å². The summed E-state index contributed by atoms with van der Waals surface area (Å²) in [5.74, 6) is -0.607. The molecular weight excluding hydrogens is 515 g/mol. The molecule has 0 radical (unpaired) electrons. The molecule has 188 valence electrons. The van der Waals surface area contributed by atoms with Gasteiger partial charge in [0.05, 0.1) is 21.8 Å². The molecule has 4 aromatic rings. The molecule has 0 spiro atoms. The second-order valence-corrected chi connectivity index (χ2v) is 10.4. The maximum atomic E-state index is 13.6. The molecule has 2 aliphatic heterocycles. The molecule has 1 fully saturated rings. The van der Waals surface area contributed by atoms with Crippen LogP contribution in [0.15, 0.2) is 48.8 Å². The summed E-state index contributed by atoms with van der Waals surface area (Å²) in [6.45, 7) is 3.14. The Labute approximate surface area is 221 Å². The number of rotatable bonds is 5. The fourth-order valence-corrected chi connectivity index (χ4v) is 6.01. The molecule has 6 rings (SSSR count). The molecule has 3 amide bonds. The molecule has 11 heteroatoms. The van der Waals surface area contributed by atoms with Crippen molar-refractivity contribution >= 4 is 68.0 Å². The number of thiophene rings is 1. The summed E-state index contributed by atoms with van der Waals surface area (Å²) in [7, 11) is 0. The van der Waals surface area contributed by atoms with Gasteiger partial charge in [-0.3, -0.25) is 9.69 Å². The maximum Gasteiger partial charge on any atom is 0.332 e. The Hall–Kier alpha value is -3.60. The number of aromatic nitrogens is 2. The first-order chi connectivity index (χ1) is 18.0. The zero-order valence-electron chi connectivity index (χ0n) is 19.6. The van der Waals surface area contributed by atoms with Crippen LogP contribution in [0.5, 0.6) is 0 Å². The van der Waals surface area contributed by atoms with E-state index in [1.165, 1.54) is 48.2 Å². The van der Waals surface area contributed by atoms with Crippen LogP contribution in [0.25, 0.3) is 10.2 Å². The topological polar surface area (TPSA) is 90.5 Å². The van der Waals surface area contributed by atoms with Gasteiger partial charge < -0.3 is 10.6 Å². The van der Waals surface area contributed by atoms with E-state index in [-0.39, 0.29) is 22.4 Å². The first-order valence-electron chi connectivity index (χ1n) is 11.9. The van der Waals surface area contributed by atoms with Gasteiger partial charge in [0, 0.05) is 12.2 Å². The number of hydrogen-bond donors (Lipinski definition) is 2. The van der Waals surface area contributed by atoms with Crippen molar-refractivity contribution in [2.75, 3.05) is 28.6 Å². The zero-order valence-corrected chi connectivity index (χ0v) is 21.2. The second kappa shape index (κ2) is 9.70. The number of carbonyl (C=O) groups excluding carboxylic acids is 2. The predicted molar refractivity (Wildman–Crippen MR) is 144 cm³/mol. The monoisotopic (exact) mass is 536 g/mol. The maximum absolute atomic E-state index is 13.6. The minimum Gasteiger partial charge on any atom is -0.321 e. The molecule has 2 N–H and O–H groups in total. The lowest BCUT2D eigenvalue weighted by Gasteiger charge is -2.27. The van der Waals surface area contributed by atoms with Crippen molar-refractivity contribution in [3.63, 3.8) is 0 Å². The number of hydrogen-bond acceptors (Lipinski definition) is 6. The van der Waals surface area contributed by atoms with E-state index in [4.69, 9.17) is 11.6 Å². The van der Waals surface area contributed by atoms with E-state index < -0.39 is 11.8 Å². The summed E-state index contributed by atoms with van der Waals surface area (Å²) in [5, 5.41) is 6.29. The first kappa shape index (κ1) is 23.8. The quantitative estimate of drug-likeness (QED) is 0.308. The predicted octanol–water partition coefficient (Wildman–Crippen LogP) is 6.41. The molecule has 2 aromatic carbocycles. The van der Waals surface area contributed by atoms with Crippen LogP contribution in [0.1, 0.15) is 34.5 Å². The second-order valence-electron chi connectivity index (χ2n) is 9.03. The molecule has 4 heterocycles. The van der Waals surface area contributed by atoms with Crippen molar-refractivity contribution in [1.29, 1.82) is 0 Å². The van der Waals surface area contributed by atoms with E-state index in [9.17, 15) is 14.0 Å². The standard InChI is InChI=1S/C26H22ClFN6O2S/c27-18-12-16(28)6-9-19(18)34-23-20-21(32-26(34)36)22(37-25(20)30-14-29-23)24(35)31-17-7-4-15(5-8-17)13-33-10-2-1-3-11-33/h4-9,12,14H,1-3,10-11,13H2,(H,31,35)(H,32,36). The van der Waals surface area contributed by atoms with E-state index in [1.54, 1.807) is 0 Å². The van der Waals surface area contributed by atoms with E-state index in [0.717, 1.165) is 37.0 Å². The van der Waals surface area contributed by atoms with Gasteiger partial charge in [0.2, 0.25) is 0 Å². The number of urea groups is 1. The molecule has 0 unspecified atom stereocenters. The van der Waals surface area contributed by atoms with Crippen LogP contribution < -0.4 is 15.5 Å². The van der Waals surface area contributed by atoms with Gasteiger partial charge in [-0.05, 0) is 61.8 Å². The molecule has 0 saturated carbocycles. The van der Waals surface area contributed by atoms with E-state index in [0.29, 0.717) is 26.5 Å². The smallest absolute Gasteiger partial charge is 0.321 e. The van der Waals surface area contributed by atoms with Crippen LogP contribution in [0.2, 0.25) is 5.02 Å². The first-order valence-corrected chi connectivity index (χ1v) is 13.1. The summed E-state index contributed by atoms with van der Waals surface area (Å²) in [6, 6.07) is 11.0. The van der Waals surface area contributed by atoms with Crippen LogP contribution in [0, 0.1) is 5.82 Å². The molecule has 2 aromatic heterocycles. The minimum atomic E-state index is -0.560. The number of benzene rings is 2. The lowest BCUT2D eigenvalue weighted by Crippen LogP contribution is -2.35. The van der Waals surface area contributed by atoms with Crippen LogP contribution in [-0.4, -0.2) is 39.9 Å². The Bertz CT molecular complexity index is 1520. The lowest BCUT2D eigenvalue weighted by atomic mass is 10.1. The minimum absolute atomic E-state index is 0.0577. The van der Waals surface area contributed by atoms with Gasteiger partial charge in [-0.1, -0.05) is 30.2 Å². The highest BCUT2D eigenvalue weighted by atomic mass is 35.5. The highest BCUT2D eigenvalue weighted by molar-refractivity contribution is 7.21. The van der Waals surface area contributed by atoms with Crippen molar-refractivity contribution in [3.8, 4) is 0 Å². The Kier molecular flexibility index (Phi) is 6.23. The Morgan fingerprint density at radius 2 is 1.89 bits per heavy atom. The van der Waals surface area contributed by atoms with E-state index in [1.807, 2.05) is 24.3 Å². The molecule has 2 aliphatic rings. The summed E-state index contributed by atoms with van der Waals surface area (Å²) in [5.41, 5.74) is 2.47. The summed E-state index contributed by atoms with van der Waals surface area (Å²) in [4.78, 5) is 39.6. The van der Waals surface area contributed by atoms with Crippen molar-refractivity contribution < 1.29 is 14.0 Å². The van der Waals surface area contributed by atoms with Crippen molar-refractivity contribution in [2.45, 2.75) is 25.8 Å². The Balaban J connectivity index is 1.27. The third-order valence-electron chi connectivity index (χ3n) is 6.54. The van der Waals surface area contributed by atoms with Gasteiger partial charge in [-0.25, -0.2) is 24.1 Å². The molecule has 1 saturated heterocycles. The van der Waals surface area contributed by atoms with E-state index in [2.05, 4.69) is 25.5 Å². The fraction of sp³-hybridized carbons (Fsp3) is 0.231. The van der Waals surface area contributed by atoms with Crippen LogP contribution in [0.4, 0.5) is 32.1 Å². The van der Waals surface area contributed by atoms with Crippen molar-refractivity contribution in [1.82, 2.24) is 14.9 Å².